The number of hydrogen-bond acceptors (Lipinski definition) is 10. The van der Waals surface area contributed by atoms with E-state index in [2.05, 4.69) is 14.8 Å². The number of aromatic nitrogens is 1. The van der Waals surface area contributed by atoms with Gasteiger partial charge in [-0.05, 0) is 50.9 Å². The Morgan fingerprint density at radius 1 is 1.29 bits per heavy atom. The Balaban J connectivity index is 1.79. The Morgan fingerprint density at radius 3 is 2.68 bits per heavy atom. The number of nitrogens with zero attached hydrogens (tertiary/aromatic N) is 2. The SMILES string of the molecule is CCCCS(=O)(=O)N[C@](C)(N)C(=O)OC(=O)c1cc(OCCCN2CCCCC2)no1. The molecule has 0 amide bonds. The van der Waals surface area contributed by atoms with Crippen LogP contribution in [0.15, 0.2) is 10.6 Å². The first-order valence-electron chi connectivity index (χ1n) is 10.5. The fourth-order valence-corrected chi connectivity index (χ4v) is 4.56. The zero-order valence-corrected chi connectivity index (χ0v) is 18.9. The van der Waals surface area contributed by atoms with Crippen molar-refractivity contribution in [3.05, 3.63) is 11.8 Å². The third-order valence-electron chi connectivity index (χ3n) is 4.75. The van der Waals surface area contributed by atoms with E-state index in [1.165, 1.54) is 25.3 Å². The van der Waals surface area contributed by atoms with Gasteiger partial charge in [0.25, 0.3) is 5.88 Å². The highest BCUT2D eigenvalue weighted by Gasteiger charge is 2.37. The molecule has 176 valence electrons. The highest BCUT2D eigenvalue weighted by atomic mass is 32.2. The van der Waals surface area contributed by atoms with Crippen LogP contribution in [0.5, 0.6) is 5.88 Å². The predicted molar refractivity (Wildman–Crippen MR) is 112 cm³/mol. The molecule has 1 fully saturated rings. The number of hydrogen-bond donors (Lipinski definition) is 2. The number of carbonyl (C=O) groups is 2. The molecular formula is C19H32N4O7S. The fraction of sp³-hybridized carbons (Fsp3) is 0.737. The number of sulfonamides is 1. The molecule has 2 heterocycles. The average Bonchev–Trinajstić information content (AvgIpc) is 3.19. The van der Waals surface area contributed by atoms with Crippen molar-refractivity contribution in [1.29, 1.82) is 0 Å². The first-order valence-corrected chi connectivity index (χ1v) is 12.2. The van der Waals surface area contributed by atoms with Gasteiger partial charge in [-0.3, -0.25) is 0 Å². The van der Waals surface area contributed by atoms with Gasteiger partial charge in [0.2, 0.25) is 15.8 Å². The summed E-state index contributed by atoms with van der Waals surface area (Å²) in [6.07, 6.45) is 5.57. The van der Waals surface area contributed by atoms with Crippen molar-refractivity contribution >= 4 is 22.0 Å². The van der Waals surface area contributed by atoms with Crippen LogP contribution in [0.3, 0.4) is 0 Å². The highest BCUT2D eigenvalue weighted by molar-refractivity contribution is 7.89. The Bertz CT molecular complexity index is 832. The quantitative estimate of drug-likeness (QED) is 0.200. The van der Waals surface area contributed by atoms with Crippen molar-refractivity contribution < 1.29 is 32.0 Å². The van der Waals surface area contributed by atoms with Crippen LogP contribution < -0.4 is 15.2 Å². The molecule has 11 nitrogen and oxygen atoms in total. The maximum atomic E-state index is 12.2. The van der Waals surface area contributed by atoms with Crippen molar-refractivity contribution in [3.8, 4) is 5.88 Å². The van der Waals surface area contributed by atoms with E-state index in [0.717, 1.165) is 33.0 Å². The molecule has 0 spiro atoms. The normalized spacial score (nSPS) is 17.1. The van der Waals surface area contributed by atoms with E-state index in [1.54, 1.807) is 0 Å². The van der Waals surface area contributed by atoms with Crippen molar-refractivity contribution in [2.75, 3.05) is 32.0 Å². The number of likely N-dealkylation sites (tertiary alicyclic amines) is 1. The second-order valence-electron chi connectivity index (χ2n) is 7.79. The first kappa shape index (κ1) is 25.2. The van der Waals surface area contributed by atoms with Gasteiger partial charge < -0.3 is 24.6 Å². The van der Waals surface area contributed by atoms with Crippen molar-refractivity contribution in [2.45, 2.75) is 58.0 Å². The number of carbonyl (C=O) groups excluding carboxylic acids is 2. The van der Waals surface area contributed by atoms with E-state index >= 15 is 0 Å². The monoisotopic (exact) mass is 460 g/mol. The van der Waals surface area contributed by atoms with E-state index in [1.807, 2.05) is 11.6 Å². The minimum atomic E-state index is -3.81. The molecule has 1 aliphatic rings. The summed E-state index contributed by atoms with van der Waals surface area (Å²) in [4.78, 5) is 26.7. The number of nitrogens with two attached hydrogens (primary N) is 1. The van der Waals surface area contributed by atoms with Crippen LogP contribution in [0.25, 0.3) is 0 Å². The second-order valence-corrected chi connectivity index (χ2v) is 9.63. The molecule has 0 unspecified atom stereocenters. The standard InChI is InChI=1S/C19H32N4O7S/c1-3-4-13-31(26,27)22-19(2,20)18(25)29-17(24)15-14-16(21-30-15)28-12-8-11-23-9-6-5-7-10-23/h14,22H,3-13,20H2,1-2H3/t19-/m0/s1. The minimum absolute atomic E-state index is 0.0915. The lowest BCUT2D eigenvalue weighted by atomic mass is 10.1. The zero-order chi connectivity index (χ0) is 22.9. The number of piperidine rings is 1. The van der Waals surface area contributed by atoms with Gasteiger partial charge in [0.05, 0.1) is 18.4 Å². The molecule has 31 heavy (non-hydrogen) atoms. The summed E-state index contributed by atoms with van der Waals surface area (Å²) in [5.41, 5.74) is 3.59. The maximum Gasteiger partial charge on any atom is 0.385 e. The molecule has 1 atom stereocenters. The van der Waals surface area contributed by atoms with E-state index in [9.17, 15) is 18.0 Å². The van der Waals surface area contributed by atoms with Crippen LogP contribution >= 0.6 is 0 Å². The Labute approximate surface area is 182 Å². The summed E-state index contributed by atoms with van der Waals surface area (Å²) < 4.78 is 40.9. The van der Waals surface area contributed by atoms with Gasteiger partial charge in [-0.25, -0.2) is 18.0 Å². The molecule has 0 radical (unpaired) electrons. The summed E-state index contributed by atoms with van der Waals surface area (Å²) in [5.74, 6) is -2.88. The van der Waals surface area contributed by atoms with Crippen LogP contribution in [0, 0.1) is 0 Å². The van der Waals surface area contributed by atoms with Crippen LogP contribution in [-0.2, 0) is 19.6 Å². The van der Waals surface area contributed by atoms with E-state index in [0.29, 0.717) is 19.4 Å². The van der Waals surface area contributed by atoms with Gasteiger partial charge >= 0.3 is 11.9 Å². The lowest BCUT2D eigenvalue weighted by molar-refractivity contribution is -0.144. The molecule has 3 N–H and O–H groups in total. The molecule has 2 rings (SSSR count). The number of nitrogens with one attached hydrogen (secondary N) is 1. The van der Waals surface area contributed by atoms with Gasteiger partial charge in [-0.15, -0.1) is 0 Å². The summed E-state index contributed by atoms with van der Waals surface area (Å²) in [6, 6.07) is 1.20. The molecule has 1 aromatic heterocycles. The summed E-state index contributed by atoms with van der Waals surface area (Å²) >= 11 is 0. The van der Waals surface area contributed by atoms with Gasteiger partial charge in [-0.1, -0.05) is 19.8 Å². The van der Waals surface area contributed by atoms with Crippen LogP contribution in [0.2, 0.25) is 0 Å². The average molecular weight is 461 g/mol. The predicted octanol–water partition coefficient (Wildman–Crippen LogP) is 1.01. The molecule has 1 aromatic rings. The number of rotatable bonds is 12. The third kappa shape index (κ3) is 8.56. The molecule has 0 saturated carbocycles. The van der Waals surface area contributed by atoms with Crippen molar-refractivity contribution in [1.82, 2.24) is 14.8 Å². The first-order chi connectivity index (χ1) is 14.6. The lowest BCUT2D eigenvalue weighted by Gasteiger charge is -2.26. The van der Waals surface area contributed by atoms with Crippen molar-refractivity contribution in [3.63, 3.8) is 0 Å². The van der Waals surface area contributed by atoms with Crippen LogP contribution in [0.1, 0.15) is 62.9 Å². The smallest absolute Gasteiger partial charge is 0.385 e. The number of unbranched alkanes of at least 4 members (excludes halogenated alkanes) is 1. The second kappa shape index (κ2) is 11.6. The van der Waals surface area contributed by atoms with Gasteiger partial charge in [0, 0.05) is 6.54 Å². The summed E-state index contributed by atoms with van der Waals surface area (Å²) in [6.45, 7) is 6.45. The fourth-order valence-electron chi connectivity index (χ4n) is 3.06. The van der Waals surface area contributed by atoms with E-state index in [4.69, 9.17) is 15.0 Å². The topological polar surface area (TPSA) is 154 Å². The Morgan fingerprint density at radius 2 is 2.00 bits per heavy atom. The third-order valence-corrected chi connectivity index (χ3v) is 6.31. The lowest BCUT2D eigenvalue weighted by Crippen LogP contribution is -2.60. The molecule has 1 saturated heterocycles. The number of esters is 2. The molecular weight excluding hydrogens is 428 g/mol. The maximum absolute atomic E-state index is 12.2. The van der Waals surface area contributed by atoms with E-state index in [-0.39, 0.29) is 17.4 Å². The van der Waals surface area contributed by atoms with Crippen LogP contribution in [-0.4, -0.2) is 68.1 Å². The molecule has 0 bridgehead atoms. The van der Waals surface area contributed by atoms with Gasteiger partial charge in [0.15, 0.2) is 5.66 Å². The summed E-state index contributed by atoms with van der Waals surface area (Å²) in [5, 5.41) is 3.62. The van der Waals surface area contributed by atoms with Crippen molar-refractivity contribution in [2.24, 2.45) is 5.73 Å². The molecule has 12 heteroatoms. The minimum Gasteiger partial charge on any atom is -0.475 e. The number of ether oxygens (including phenoxy) is 2. The summed E-state index contributed by atoms with van der Waals surface area (Å²) in [7, 11) is -3.81. The Kier molecular flexibility index (Phi) is 9.41. The van der Waals surface area contributed by atoms with Crippen LogP contribution in [0.4, 0.5) is 0 Å². The molecule has 0 aromatic carbocycles. The highest BCUT2D eigenvalue weighted by Crippen LogP contribution is 2.15. The zero-order valence-electron chi connectivity index (χ0n) is 18.1. The molecule has 0 aliphatic carbocycles. The molecule has 1 aliphatic heterocycles. The Hall–Kier alpha value is -2.02. The van der Waals surface area contributed by atoms with Gasteiger partial charge in [0.1, 0.15) is 0 Å². The largest absolute Gasteiger partial charge is 0.475 e. The van der Waals surface area contributed by atoms with Gasteiger partial charge in [-0.2, -0.15) is 4.72 Å². The van der Waals surface area contributed by atoms with E-state index < -0.39 is 27.6 Å².